The van der Waals surface area contributed by atoms with E-state index in [1.54, 1.807) is 67.6 Å². The molecule has 0 aliphatic carbocycles. The lowest BCUT2D eigenvalue weighted by Crippen LogP contribution is -2.46. The van der Waals surface area contributed by atoms with Crippen LogP contribution in [0, 0.1) is 27.7 Å². The Kier molecular flexibility index (Phi) is 25.4. The van der Waals surface area contributed by atoms with Gasteiger partial charge >= 0.3 is 5.97 Å². The van der Waals surface area contributed by atoms with Gasteiger partial charge in [-0.3, -0.25) is 38.7 Å². The van der Waals surface area contributed by atoms with Crippen LogP contribution in [0.1, 0.15) is 93.7 Å². The number of benzene rings is 2. The molecule has 2 saturated heterocycles. The minimum atomic E-state index is -1.08. The molecule has 25 heteroatoms. The third-order valence-corrected chi connectivity index (χ3v) is 14.2. The third-order valence-electron chi connectivity index (χ3n) is 14.2. The van der Waals surface area contributed by atoms with Crippen molar-refractivity contribution in [1.29, 1.82) is 0 Å². The number of aromatic nitrogens is 8. The van der Waals surface area contributed by atoms with Crippen molar-refractivity contribution >= 4 is 105 Å². The molecule has 19 nitrogen and oxygen atoms in total. The number of carbonyl (C=O) groups is 6. The highest BCUT2D eigenvalue weighted by molar-refractivity contribution is 8.07. The topological polar surface area (TPSA) is 277 Å². The van der Waals surface area contributed by atoms with Crippen LogP contribution >= 0.6 is 25.9 Å². The molecule has 8 aromatic rings. The second-order valence-electron chi connectivity index (χ2n) is 20.3. The predicted octanol–water partition coefficient (Wildman–Crippen LogP) is 7.84. The number of pyridine rings is 2. The maximum atomic E-state index is 14.4. The Morgan fingerprint density at radius 2 is 1.07 bits per heavy atom. The number of nitrogens with one attached hydrogen (secondary N) is 1. The van der Waals surface area contributed by atoms with Gasteiger partial charge in [-0.25, -0.2) is 28.7 Å². The monoisotopic (exact) mass is 1240 g/mol. The number of amides is 3. The Morgan fingerprint density at radius 1 is 0.612 bits per heavy atom. The van der Waals surface area contributed by atoms with Crippen molar-refractivity contribution in [1.82, 2.24) is 49.3 Å². The van der Waals surface area contributed by atoms with E-state index in [4.69, 9.17) is 16.6 Å². The number of carbonyl (C=O) groups excluding carboxylic acids is 5. The molecule has 448 valence electrons. The highest BCUT2D eigenvalue weighted by Crippen LogP contribution is 2.30. The van der Waals surface area contributed by atoms with Gasteiger partial charge in [-0.05, 0) is 132 Å². The second-order valence-corrected chi connectivity index (χ2v) is 20.3. The molecule has 2 aliphatic rings. The summed E-state index contributed by atoms with van der Waals surface area (Å²) in [5.41, 5.74) is 19.3. The van der Waals surface area contributed by atoms with Crippen LogP contribution in [0.25, 0.3) is 44.1 Å². The number of carboxylic acids is 1. The van der Waals surface area contributed by atoms with Crippen LogP contribution in [0.15, 0.2) is 110 Å². The Balaban J connectivity index is 0.000000249. The maximum Gasteiger partial charge on any atom is 0.323 e. The van der Waals surface area contributed by atoms with Crippen molar-refractivity contribution in [3.63, 3.8) is 0 Å². The molecule has 0 bridgehead atoms. The molecule has 85 heavy (non-hydrogen) atoms. The van der Waals surface area contributed by atoms with E-state index in [0.29, 0.717) is 71.4 Å². The van der Waals surface area contributed by atoms with Gasteiger partial charge in [0, 0.05) is 122 Å². The number of aliphatic carboxylic acids is 1. The first-order chi connectivity index (χ1) is 39.8. The van der Waals surface area contributed by atoms with Crippen molar-refractivity contribution in [3.05, 3.63) is 156 Å². The van der Waals surface area contributed by atoms with Gasteiger partial charge in [-0.15, -0.1) is 12.4 Å². The number of alkyl halides is 2. The van der Waals surface area contributed by atoms with Crippen LogP contribution in [0.3, 0.4) is 0 Å². The number of carboxylic acid groups (broad SMARTS) is 1. The molecule has 3 amide bonds. The number of hydrogen-bond acceptors (Lipinski definition) is 15. The largest absolute Gasteiger partial charge is 0.480 e. The summed E-state index contributed by atoms with van der Waals surface area (Å²) in [4.78, 5) is 101. The summed E-state index contributed by atoms with van der Waals surface area (Å²) >= 11 is 7.33. The molecular weight excluding hydrogens is 1170 g/mol. The number of nitrogens with zero attached hydrogens (tertiary/aromatic N) is 9. The van der Waals surface area contributed by atoms with E-state index in [-0.39, 0.29) is 106 Å². The lowest BCUT2D eigenvalue weighted by molar-refractivity contribution is -0.139. The van der Waals surface area contributed by atoms with Gasteiger partial charge < -0.3 is 35.9 Å². The first kappa shape index (κ1) is 67.9. The molecule has 6 aromatic heterocycles. The number of likely N-dealkylation sites (tertiary alicyclic amines) is 1. The van der Waals surface area contributed by atoms with E-state index in [2.05, 4.69) is 57.6 Å². The van der Waals surface area contributed by atoms with Crippen LogP contribution in [-0.4, -0.2) is 122 Å². The molecular formula is C60H67ClF2N12O7S3. The van der Waals surface area contributed by atoms with E-state index in [0.717, 1.165) is 39.3 Å². The first-order valence-electron chi connectivity index (χ1n) is 26.8. The number of aryl methyl sites for hydroxylation is 4. The molecule has 2 aliphatic heterocycles. The van der Waals surface area contributed by atoms with Gasteiger partial charge in [0.25, 0.3) is 11.8 Å². The molecule has 4 atom stereocenters. The Hall–Kier alpha value is -7.90. The zero-order valence-corrected chi connectivity index (χ0v) is 50.7. The van der Waals surface area contributed by atoms with Crippen molar-refractivity contribution in [2.24, 2.45) is 11.5 Å². The lowest BCUT2D eigenvalue weighted by atomic mass is 10.0. The number of rotatable bonds is 14. The zero-order chi connectivity index (χ0) is 59.9. The molecule has 6 N–H and O–H groups in total. The summed E-state index contributed by atoms with van der Waals surface area (Å²) in [5.74, 6) is -1.28. The number of fused-ring (bicyclic) bond motifs is 2. The summed E-state index contributed by atoms with van der Waals surface area (Å²) in [6, 6.07) is 21.1. The quantitative estimate of drug-likeness (QED) is 0.0807. The fourth-order valence-corrected chi connectivity index (χ4v) is 10.1. The number of primary amides is 2. The van der Waals surface area contributed by atoms with Crippen LogP contribution in [0.5, 0.6) is 0 Å². The van der Waals surface area contributed by atoms with Crippen molar-refractivity contribution in [3.8, 4) is 22.3 Å². The smallest absolute Gasteiger partial charge is 0.323 e. The summed E-state index contributed by atoms with van der Waals surface area (Å²) < 4.78 is 30.7. The third kappa shape index (κ3) is 18.3. The SMILES string of the molecule is Cc1cccc(CC(=O)[C@@H]2CCC(F)CCN2)n1.Cc1cccc(CC(=O)[C@@H]2CCC(F)CCN2C(=O)Cn2cc(C(N)=O)c3cc(-c4cnc(C)nc4)ccc32)n1.Cc1ncc(-c2ccc3c(c2)c(C(N)=O)cn3CC(=O)O)cn1.Cl.S.S=S. The number of halogens is 3. The molecule has 10 rings (SSSR count). The van der Waals surface area contributed by atoms with Crippen LogP contribution < -0.4 is 16.8 Å². The summed E-state index contributed by atoms with van der Waals surface area (Å²) in [6.07, 6.45) is 10.6. The molecule has 0 radical (unpaired) electrons. The summed E-state index contributed by atoms with van der Waals surface area (Å²) in [6.45, 7) is 7.70. The van der Waals surface area contributed by atoms with Gasteiger partial charge in [-0.2, -0.15) is 13.5 Å². The minimum absolute atomic E-state index is 0. The first-order valence-corrected chi connectivity index (χ1v) is 28.2. The van der Waals surface area contributed by atoms with E-state index >= 15 is 0 Å². The van der Waals surface area contributed by atoms with Crippen molar-refractivity contribution in [2.45, 2.75) is 117 Å². The Bertz CT molecular complexity index is 3650. The van der Waals surface area contributed by atoms with Gasteiger partial charge in [0.05, 0.1) is 36.1 Å². The van der Waals surface area contributed by atoms with Gasteiger partial charge in [0.2, 0.25) is 5.91 Å². The van der Waals surface area contributed by atoms with Gasteiger partial charge in [0.1, 0.15) is 37.1 Å². The molecule has 8 heterocycles. The van der Waals surface area contributed by atoms with Crippen LogP contribution in [-0.2, 0) is 67.5 Å². The second kappa shape index (κ2) is 31.8. The minimum Gasteiger partial charge on any atom is -0.480 e. The molecule has 0 spiro atoms. The van der Waals surface area contributed by atoms with Crippen molar-refractivity contribution < 1.29 is 42.7 Å². The Labute approximate surface area is 513 Å². The molecule has 2 unspecified atom stereocenters. The number of nitrogens with two attached hydrogens (primary N) is 2. The zero-order valence-electron chi connectivity index (χ0n) is 47.2. The summed E-state index contributed by atoms with van der Waals surface area (Å²) in [5, 5.41) is 13.3. The number of hydrogen-bond donors (Lipinski definition) is 4. The predicted molar refractivity (Wildman–Crippen MR) is 333 cm³/mol. The highest BCUT2D eigenvalue weighted by Gasteiger charge is 2.34. The maximum absolute atomic E-state index is 14.4. The fourth-order valence-electron chi connectivity index (χ4n) is 10.1. The normalized spacial score (nSPS) is 16.4. The summed E-state index contributed by atoms with van der Waals surface area (Å²) in [7, 11) is 0. The average molecular weight is 1240 g/mol. The fraction of sp³-hybridized carbons (Fsp3) is 0.333. The van der Waals surface area contributed by atoms with Gasteiger partial charge in [-0.1, -0.05) is 24.3 Å². The van der Waals surface area contributed by atoms with Crippen molar-refractivity contribution in [2.75, 3.05) is 13.1 Å². The van der Waals surface area contributed by atoms with E-state index in [1.807, 2.05) is 68.4 Å². The highest BCUT2D eigenvalue weighted by atomic mass is 35.5. The standard InChI is InChI=1S/C30H31FN6O3.C16H14N4O3.C14H19FN2O.ClH.S2.H2S/c1-18-4-3-5-23(35-18)13-28(38)27-9-7-22(31)10-11-37(27)29(39)17-36-16-25(30(32)40)24-12-20(6-8-26(24)36)21-14-33-19(2)34-15-21;1-9-18-5-11(6-19-9)10-2-3-14-12(4-10)13(16(17)23)7-20(14)8-15(21)22;1-10-3-2-4-12(17-10)9-14(18)13-6-5-11(15)7-8-16-13;;1-2;/h3-6,8,12,14-16,22,27H,7,9-11,13,17H2,1-2H3,(H2,32,40);2-7H,8H2,1H3,(H2,17,23)(H,21,22);2-4,11,13,16H,5-9H2,1H3;1H;;1H2/t22?,27-;;11?,13-;;;/m0.0.../s1. The van der Waals surface area contributed by atoms with Gasteiger partial charge in [0.15, 0.2) is 11.6 Å². The number of ketones is 2. The molecule has 0 saturated carbocycles. The lowest BCUT2D eigenvalue weighted by Gasteiger charge is -2.29. The van der Waals surface area contributed by atoms with E-state index in [1.165, 1.54) is 15.7 Å². The van der Waals surface area contributed by atoms with E-state index in [9.17, 15) is 37.5 Å². The molecule has 2 fully saturated rings. The molecule has 2 aromatic carbocycles. The van der Waals surface area contributed by atoms with Crippen LogP contribution in [0.4, 0.5) is 8.78 Å². The number of Topliss-reactive ketones (excluding diaryl/α,β-unsaturated/α-hetero) is 2. The van der Waals surface area contributed by atoms with E-state index < -0.39 is 36.2 Å². The van der Waals surface area contributed by atoms with Crippen LogP contribution in [0.2, 0.25) is 0 Å². The average Bonchev–Trinajstić information content (AvgIpc) is 3.18. The Morgan fingerprint density at radius 3 is 1.54 bits per heavy atom.